The minimum Gasteiger partial charge on any atom is -0.448 e. The van der Waals surface area contributed by atoms with Crippen LogP contribution in [0.25, 0.3) is 0 Å². The zero-order valence-electron chi connectivity index (χ0n) is 37.7. The summed E-state index contributed by atoms with van der Waals surface area (Å²) in [6.45, 7) is 20.1. The smallest absolute Gasteiger partial charge is 0.407 e. The molecule has 18 nitrogen and oxygen atoms in total. The van der Waals surface area contributed by atoms with E-state index in [0.717, 1.165) is 71.1 Å². The molecule has 3 N–H and O–H groups in total. The molecule has 0 aliphatic carbocycles. The third-order valence-electron chi connectivity index (χ3n) is 10.5. The quantitative estimate of drug-likeness (QED) is 0.0572. The van der Waals surface area contributed by atoms with Crippen molar-refractivity contribution in [1.82, 2.24) is 39.5 Å². The predicted molar refractivity (Wildman–Crippen MR) is 230 cm³/mol. The lowest BCUT2D eigenvalue weighted by Crippen LogP contribution is -2.54. The van der Waals surface area contributed by atoms with Crippen LogP contribution in [0.4, 0.5) is 14.4 Å². The zero-order valence-corrected chi connectivity index (χ0v) is 37.7. The van der Waals surface area contributed by atoms with Gasteiger partial charge in [0.1, 0.15) is 18.8 Å². The van der Waals surface area contributed by atoms with Crippen molar-refractivity contribution in [1.29, 1.82) is 0 Å². The summed E-state index contributed by atoms with van der Waals surface area (Å²) in [4.78, 5) is 81.3. The van der Waals surface area contributed by atoms with Crippen molar-refractivity contribution in [3.63, 3.8) is 0 Å². The number of rotatable bonds is 30. The van der Waals surface area contributed by atoms with Crippen LogP contribution in [0, 0.1) is 0 Å². The van der Waals surface area contributed by atoms with E-state index in [4.69, 9.17) is 18.9 Å². The highest BCUT2D eigenvalue weighted by atomic mass is 16.6. The molecule has 1 aromatic heterocycles. The van der Waals surface area contributed by atoms with Crippen molar-refractivity contribution in [2.75, 3.05) is 65.6 Å². The molecule has 3 rings (SSSR count). The first kappa shape index (κ1) is 50.5. The van der Waals surface area contributed by atoms with Crippen molar-refractivity contribution in [2.24, 2.45) is 0 Å². The Morgan fingerprint density at radius 3 is 1.20 bits per heavy atom. The van der Waals surface area contributed by atoms with E-state index in [2.05, 4.69) is 39.6 Å². The van der Waals surface area contributed by atoms with E-state index in [9.17, 15) is 28.8 Å². The first-order chi connectivity index (χ1) is 28.5. The number of nitrogens with one attached hydrogen (secondary N) is 3. The average molecular weight is 853 g/mol. The van der Waals surface area contributed by atoms with Gasteiger partial charge in [-0.2, -0.15) is 0 Å². The van der Waals surface area contributed by atoms with Gasteiger partial charge in [-0.3, -0.25) is 9.80 Å². The van der Waals surface area contributed by atoms with Gasteiger partial charge in [-0.1, -0.05) is 38.5 Å². The minimum absolute atomic E-state index is 0.174. The third-order valence-corrected chi connectivity index (χ3v) is 10.5. The number of unbranched alkanes of at least 4 members (excludes halogenated alkanes) is 9. The molecule has 0 saturated carbocycles. The molecule has 0 spiro atoms. The van der Waals surface area contributed by atoms with E-state index in [1.807, 2.05) is 20.8 Å². The molecule has 2 fully saturated rings. The van der Waals surface area contributed by atoms with Gasteiger partial charge in [-0.15, -0.1) is 0 Å². The first-order valence-corrected chi connectivity index (χ1v) is 22.3. The van der Waals surface area contributed by atoms with E-state index >= 15 is 0 Å². The summed E-state index contributed by atoms with van der Waals surface area (Å²) < 4.78 is 25.2. The number of ether oxygens (including phenoxy) is 4. The summed E-state index contributed by atoms with van der Waals surface area (Å²) in [5, 5.41) is 8.31. The van der Waals surface area contributed by atoms with E-state index in [0.29, 0.717) is 77.0 Å². The Kier molecular flexibility index (Phi) is 21.7. The van der Waals surface area contributed by atoms with Crippen molar-refractivity contribution in [3.8, 4) is 0 Å². The fourth-order valence-corrected chi connectivity index (χ4v) is 6.60. The molecule has 4 atom stereocenters. The Labute approximate surface area is 356 Å². The van der Waals surface area contributed by atoms with Gasteiger partial charge in [0.05, 0.1) is 12.2 Å². The highest BCUT2D eigenvalue weighted by molar-refractivity contribution is 5.68. The minimum atomic E-state index is -0.782. The van der Waals surface area contributed by atoms with Crippen molar-refractivity contribution in [3.05, 3.63) is 31.5 Å². The lowest BCUT2D eigenvalue weighted by molar-refractivity contribution is -0.0867. The van der Waals surface area contributed by atoms with E-state index in [-0.39, 0.29) is 31.8 Å². The number of amides is 3. The van der Waals surface area contributed by atoms with Crippen molar-refractivity contribution < 1.29 is 33.3 Å². The Morgan fingerprint density at radius 1 is 0.533 bits per heavy atom. The lowest BCUT2D eigenvalue weighted by atomic mass is 10.1. The molecule has 60 heavy (non-hydrogen) atoms. The zero-order chi connectivity index (χ0) is 44.1. The Morgan fingerprint density at radius 2 is 0.867 bits per heavy atom. The van der Waals surface area contributed by atoms with Crippen LogP contribution in [-0.2, 0) is 38.6 Å². The molecule has 1 aromatic rings. The van der Waals surface area contributed by atoms with Crippen molar-refractivity contribution >= 4 is 18.3 Å². The van der Waals surface area contributed by atoms with Crippen LogP contribution in [0.1, 0.15) is 126 Å². The molecule has 0 radical (unpaired) electrons. The molecule has 0 aromatic carbocycles. The van der Waals surface area contributed by atoms with Gasteiger partial charge in [0.15, 0.2) is 0 Å². The highest BCUT2D eigenvalue weighted by Crippen LogP contribution is 2.17. The van der Waals surface area contributed by atoms with E-state index in [1.165, 1.54) is 13.7 Å². The summed E-state index contributed by atoms with van der Waals surface area (Å²) in [7, 11) is 0. The number of alkyl carbamates (subject to hydrolysis) is 3. The topological polar surface area (TPSA) is 196 Å². The second-order valence-corrected chi connectivity index (χ2v) is 17.8. The molecule has 0 bridgehead atoms. The molecule has 3 amide bonds. The van der Waals surface area contributed by atoms with Crippen LogP contribution >= 0.6 is 0 Å². The number of hydrogen-bond donors (Lipinski definition) is 3. The van der Waals surface area contributed by atoms with Gasteiger partial charge >= 0.3 is 35.3 Å². The Bertz CT molecular complexity index is 1570. The monoisotopic (exact) mass is 853 g/mol. The van der Waals surface area contributed by atoms with Gasteiger partial charge in [0.25, 0.3) is 0 Å². The van der Waals surface area contributed by atoms with Crippen LogP contribution in [0.2, 0.25) is 0 Å². The fraction of sp³-hybridized carbons (Fsp3) is 0.857. The second kappa shape index (κ2) is 25.8. The molecule has 2 aliphatic rings. The average Bonchev–Trinajstić information content (AvgIpc) is 4.09. The Hall–Kier alpha value is -3.90. The maximum Gasteiger partial charge on any atom is 0.407 e. The summed E-state index contributed by atoms with van der Waals surface area (Å²) in [6.07, 6.45) is 6.97. The summed E-state index contributed by atoms with van der Waals surface area (Å²) in [6, 6.07) is 1.13. The maximum atomic E-state index is 13.6. The molecule has 18 heteroatoms. The van der Waals surface area contributed by atoms with Crippen LogP contribution < -0.4 is 33.0 Å². The maximum absolute atomic E-state index is 13.6. The van der Waals surface area contributed by atoms with Gasteiger partial charge in [-0.05, 0) is 87.0 Å². The molecular formula is C42H76N8O10. The summed E-state index contributed by atoms with van der Waals surface area (Å²) in [5.41, 5.74) is -2.94. The summed E-state index contributed by atoms with van der Waals surface area (Å²) in [5.74, 6) is 0. The number of hydrogen-bond acceptors (Lipinski definition) is 12. The highest BCUT2D eigenvalue weighted by Gasteiger charge is 2.29. The van der Waals surface area contributed by atoms with E-state index < -0.39 is 41.0 Å². The molecule has 2 aliphatic heterocycles. The number of carbonyl (C=O) groups is 3. The third kappa shape index (κ3) is 20.6. The van der Waals surface area contributed by atoms with Crippen LogP contribution in [-0.4, -0.2) is 131 Å². The van der Waals surface area contributed by atoms with Gasteiger partial charge < -0.3 is 34.9 Å². The van der Waals surface area contributed by atoms with Crippen LogP contribution in [0.5, 0.6) is 0 Å². The van der Waals surface area contributed by atoms with Crippen molar-refractivity contribution in [2.45, 2.75) is 168 Å². The number of nitrogens with zero attached hydrogens (tertiary/aromatic N) is 5. The SMILES string of the molecule is CC1CN1CCOC(=O)NCCCCCCn1c(=O)n(CCCCCCNC(=O)OCCN2CC2C)c(=O)n(CCCCCCNC(=O)OC(C)(C)COC(C)(C)C)c1=O. The fourth-order valence-electron chi connectivity index (χ4n) is 6.60. The number of aromatic nitrogens is 3. The van der Waals surface area contributed by atoms with Gasteiger partial charge in [-0.25, -0.2) is 42.5 Å². The van der Waals surface area contributed by atoms with Gasteiger partial charge in [0, 0.05) is 77.5 Å². The molecule has 344 valence electrons. The summed E-state index contributed by atoms with van der Waals surface area (Å²) >= 11 is 0. The second-order valence-electron chi connectivity index (χ2n) is 17.8. The molecule has 4 unspecified atom stereocenters. The van der Waals surface area contributed by atoms with E-state index in [1.54, 1.807) is 13.8 Å². The molecule has 3 heterocycles. The predicted octanol–water partition coefficient (Wildman–Crippen LogP) is 4.03. The normalized spacial score (nSPS) is 18.4. The largest absolute Gasteiger partial charge is 0.448 e. The van der Waals surface area contributed by atoms with Crippen LogP contribution in [0.3, 0.4) is 0 Å². The first-order valence-electron chi connectivity index (χ1n) is 22.3. The molecular weight excluding hydrogens is 777 g/mol. The molecule has 2 saturated heterocycles. The lowest BCUT2D eigenvalue weighted by Gasteiger charge is -2.29. The Balaban J connectivity index is 1.44. The number of carbonyl (C=O) groups excluding carboxylic acids is 3. The van der Waals surface area contributed by atoms with Crippen LogP contribution in [0.15, 0.2) is 14.4 Å². The van der Waals surface area contributed by atoms with Gasteiger partial charge in [0.2, 0.25) is 0 Å². The standard InChI is InChI=1S/C42H76N8O10/c1-33-30-46(33)26-28-57-35(51)43-20-14-8-11-17-23-48-38(54)49(24-18-12-9-15-21-44-36(52)58-29-27-47-31-34(47)2)40(56)50(39(48)55)25-19-13-10-16-22-45-37(53)60-42(6,7)32-59-41(3,4)5/h33-34H,8-32H2,1-7H3,(H,43,51)(H,44,52)(H,45,53).